The topological polar surface area (TPSA) is 130 Å². The molecule has 0 amide bonds. The zero-order chi connectivity index (χ0) is 22.8. The molecule has 1 aliphatic carbocycles. The van der Waals surface area contributed by atoms with Crippen LogP contribution in [0, 0.1) is 5.92 Å². The van der Waals surface area contributed by atoms with Crippen molar-refractivity contribution in [1.82, 2.24) is 9.88 Å². The lowest BCUT2D eigenvalue weighted by Gasteiger charge is -2.04. The van der Waals surface area contributed by atoms with Crippen molar-refractivity contribution in [2.45, 2.75) is 29.5 Å². The van der Waals surface area contributed by atoms with Crippen LogP contribution < -0.4 is 4.72 Å². The SMILES string of the molecule is C[C@H]1[C@H](NS(=O)(=O)c2ccc(-c3cc(C(F)F)no3)s2)[C@H]1c1ccccc1.O=C(O)O. The quantitative estimate of drug-likeness (QED) is 0.476. The predicted molar refractivity (Wildman–Crippen MR) is 108 cm³/mol. The minimum absolute atomic E-state index is 0.110. The third-order valence-corrected chi connectivity index (χ3v) is 7.75. The number of hydrogen-bond donors (Lipinski definition) is 3. The lowest BCUT2D eigenvalue weighted by Crippen LogP contribution is -2.27. The Morgan fingerprint density at radius 3 is 2.42 bits per heavy atom. The zero-order valence-corrected chi connectivity index (χ0v) is 17.6. The number of rotatable bonds is 6. The highest BCUT2D eigenvalue weighted by molar-refractivity contribution is 7.91. The van der Waals surface area contributed by atoms with Crippen molar-refractivity contribution in [2.75, 3.05) is 0 Å². The number of nitrogens with zero attached hydrogens (tertiary/aromatic N) is 1. The van der Waals surface area contributed by atoms with Gasteiger partial charge in [-0.05, 0) is 23.6 Å². The van der Waals surface area contributed by atoms with Gasteiger partial charge in [0.25, 0.3) is 6.43 Å². The molecule has 3 atom stereocenters. The molecule has 1 aromatic carbocycles. The Hall–Kier alpha value is -2.83. The number of nitrogens with one attached hydrogen (secondary N) is 1. The number of alkyl halides is 2. The number of sulfonamides is 1. The smallest absolute Gasteiger partial charge is 0.450 e. The summed E-state index contributed by atoms with van der Waals surface area (Å²) in [6.45, 7) is 2.01. The fourth-order valence-electron chi connectivity index (χ4n) is 3.17. The fraction of sp³-hybridized carbons (Fsp3) is 0.263. The van der Waals surface area contributed by atoms with Crippen LogP contribution in [0.5, 0.6) is 0 Å². The number of hydrogen-bond acceptors (Lipinski definition) is 6. The van der Waals surface area contributed by atoms with Gasteiger partial charge in [-0.3, -0.25) is 0 Å². The standard InChI is InChI=1S/C18H16F2N2O3S2.CH2O3/c1-10-16(11-5-3-2-4-6-11)17(10)22-27(23,24)15-8-7-14(26-15)13-9-12(18(19)20)21-25-13;2-1(3)4/h2-10,16-18,22H,1H3;(H2,2,3,4)/t10-,16-,17+;/m1./s1. The van der Waals surface area contributed by atoms with Crippen LogP contribution in [-0.4, -0.2) is 36.0 Å². The van der Waals surface area contributed by atoms with Gasteiger partial charge in [-0.15, -0.1) is 11.3 Å². The molecule has 0 unspecified atom stereocenters. The van der Waals surface area contributed by atoms with Crippen molar-refractivity contribution in [3.8, 4) is 10.6 Å². The first-order valence-corrected chi connectivity index (χ1v) is 11.2. The van der Waals surface area contributed by atoms with Crippen molar-refractivity contribution in [1.29, 1.82) is 0 Å². The Bertz CT molecular complexity index is 1140. The van der Waals surface area contributed by atoms with Crippen LogP contribution in [0.15, 0.2) is 57.3 Å². The molecular formula is C19H18F2N2O6S2. The highest BCUT2D eigenvalue weighted by Gasteiger charge is 2.49. The molecule has 1 saturated carbocycles. The van der Waals surface area contributed by atoms with Gasteiger partial charge in [-0.25, -0.2) is 26.7 Å². The molecule has 12 heteroatoms. The van der Waals surface area contributed by atoms with E-state index in [4.69, 9.17) is 19.5 Å². The van der Waals surface area contributed by atoms with Gasteiger partial charge in [-0.2, -0.15) is 0 Å². The summed E-state index contributed by atoms with van der Waals surface area (Å²) in [5.41, 5.74) is 0.629. The van der Waals surface area contributed by atoms with Crippen LogP contribution in [0.1, 0.15) is 30.5 Å². The number of benzene rings is 1. The van der Waals surface area contributed by atoms with Crippen LogP contribution in [0.4, 0.5) is 13.6 Å². The molecule has 4 rings (SSSR count). The Kier molecular flexibility index (Phi) is 6.72. The van der Waals surface area contributed by atoms with E-state index in [9.17, 15) is 17.2 Å². The normalized spacial score (nSPS) is 20.2. The van der Waals surface area contributed by atoms with Gasteiger partial charge >= 0.3 is 6.16 Å². The molecule has 0 spiro atoms. The molecular weight excluding hydrogens is 454 g/mol. The van der Waals surface area contributed by atoms with Gasteiger partial charge in [0.1, 0.15) is 9.90 Å². The molecule has 166 valence electrons. The third kappa shape index (κ3) is 5.46. The van der Waals surface area contributed by atoms with Crippen molar-refractivity contribution >= 4 is 27.5 Å². The number of carboxylic acid groups (broad SMARTS) is 2. The van der Waals surface area contributed by atoms with E-state index in [-0.39, 0.29) is 27.8 Å². The predicted octanol–water partition coefficient (Wildman–Crippen LogP) is 4.64. The van der Waals surface area contributed by atoms with Crippen LogP contribution in [0.2, 0.25) is 0 Å². The Morgan fingerprint density at radius 2 is 1.84 bits per heavy atom. The van der Waals surface area contributed by atoms with Crippen LogP contribution in [0.25, 0.3) is 10.6 Å². The number of thiophene rings is 1. The second-order valence-corrected chi connectivity index (χ2v) is 9.79. The number of halogens is 2. The van der Waals surface area contributed by atoms with Gasteiger partial charge in [0.05, 0.1) is 4.88 Å². The van der Waals surface area contributed by atoms with E-state index in [2.05, 4.69) is 9.88 Å². The highest BCUT2D eigenvalue weighted by atomic mass is 32.2. The Morgan fingerprint density at radius 1 is 1.19 bits per heavy atom. The third-order valence-electron chi connectivity index (χ3n) is 4.70. The second kappa shape index (κ2) is 9.12. The van der Waals surface area contributed by atoms with E-state index in [1.807, 2.05) is 37.3 Å². The lowest BCUT2D eigenvalue weighted by molar-refractivity contribution is 0.136. The van der Waals surface area contributed by atoms with E-state index in [1.165, 1.54) is 12.1 Å². The maximum Gasteiger partial charge on any atom is 0.503 e. The largest absolute Gasteiger partial charge is 0.503 e. The van der Waals surface area contributed by atoms with E-state index in [0.29, 0.717) is 4.88 Å². The maximum atomic E-state index is 12.7. The van der Waals surface area contributed by atoms with Gasteiger partial charge in [0, 0.05) is 18.0 Å². The minimum Gasteiger partial charge on any atom is -0.450 e. The lowest BCUT2D eigenvalue weighted by atomic mass is 10.1. The van der Waals surface area contributed by atoms with E-state index in [1.54, 1.807) is 0 Å². The first-order chi connectivity index (χ1) is 14.6. The average Bonchev–Trinajstić information content (AvgIpc) is 3.15. The molecule has 31 heavy (non-hydrogen) atoms. The highest BCUT2D eigenvalue weighted by Crippen LogP contribution is 2.48. The monoisotopic (exact) mass is 472 g/mol. The fourth-order valence-corrected chi connectivity index (χ4v) is 5.79. The molecule has 0 aliphatic heterocycles. The summed E-state index contributed by atoms with van der Waals surface area (Å²) in [6, 6.07) is 13.7. The first-order valence-electron chi connectivity index (χ1n) is 8.94. The summed E-state index contributed by atoms with van der Waals surface area (Å²) in [7, 11) is -3.71. The summed E-state index contributed by atoms with van der Waals surface area (Å²) in [6.07, 6.45) is -4.57. The molecule has 0 bridgehead atoms. The Labute approximate surface area is 180 Å². The van der Waals surface area contributed by atoms with Gasteiger partial charge in [-0.1, -0.05) is 42.4 Å². The van der Waals surface area contributed by atoms with Crippen molar-refractivity contribution in [3.05, 3.63) is 59.8 Å². The zero-order valence-electron chi connectivity index (χ0n) is 16.0. The summed E-state index contributed by atoms with van der Waals surface area (Å²) in [5, 5.41) is 17.2. The molecule has 3 N–H and O–H groups in total. The van der Waals surface area contributed by atoms with Gasteiger partial charge in [0.15, 0.2) is 5.76 Å². The average molecular weight is 472 g/mol. The van der Waals surface area contributed by atoms with E-state index >= 15 is 0 Å². The molecule has 0 saturated heterocycles. The summed E-state index contributed by atoms with van der Waals surface area (Å²) >= 11 is 0.957. The van der Waals surface area contributed by atoms with Gasteiger partial charge in [0.2, 0.25) is 10.0 Å². The molecule has 8 nitrogen and oxygen atoms in total. The minimum atomic E-state index is -3.71. The Balaban J connectivity index is 0.000000628. The van der Waals surface area contributed by atoms with Crippen LogP contribution >= 0.6 is 11.3 Å². The van der Waals surface area contributed by atoms with E-state index in [0.717, 1.165) is 23.0 Å². The number of aromatic nitrogens is 1. The van der Waals surface area contributed by atoms with Crippen LogP contribution in [0.3, 0.4) is 0 Å². The van der Waals surface area contributed by atoms with Crippen molar-refractivity contribution in [3.63, 3.8) is 0 Å². The molecule has 1 aliphatic rings. The second-order valence-electron chi connectivity index (χ2n) is 6.76. The number of carbonyl (C=O) groups is 1. The summed E-state index contributed by atoms with van der Waals surface area (Å²) < 4.78 is 58.4. The van der Waals surface area contributed by atoms with Crippen molar-refractivity contribution in [2.24, 2.45) is 5.92 Å². The van der Waals surface area contributed by atoms with E-state index < -0.39 is 28.3 Å². The van der Waals surface area contributed by atoms with Gasteiger partial charge < -0.3 is 14.7 Å². The maximum absolute atomic E-state index is 12.7. The molecule has 3 aromatic rings. The molecule has 1 fully saturated rings. The summed E-state index contributed by atoms with van der Waals surface area (Å²) in [5.74, 6) is 0.464. The van der Waals surface area contributed by atoms with Crippen LogP contribution in [-0.2, 0) is 10.0 Å². The first kappa shape index (κ1) is 22.8. The molecule has 0 radical (unpaired) electrons. The molecule has 2 aromatic heterocycles. The molecule has 2 heterocycles. The van der Waals surface area contributed by atoms with Crippen molar-refractivity contribution < 1.29 is 36.7 Å². The summed E-state index contributed by atoms with van der Waals surface area (Å²) in [4.78, 5) is 8.98.